The lowest BCUT2D eigenvalue weighted by atomic mass is 10.1. The normalized spacial score (nSPS) is 12.4. The molecule has 0 aliphatic carbocycles. The molecule has 1 atom stereocenters. The Labute approximate surface area is 151 Å². The summed E-state index contributed by atoms with van der Waals surface area (Å²) in [4.78, 5) is 0. The minimum Gasteiger partial charge on any atom is -0.0961 e. The minimum absolute atomic E-state index is 0.322. The van der Waals surface area contributed by atoms with Gasteiger partial charge in [0.1, 0.15) is 0 Å². The van der Waals surface area contributed by atoms with Crippen molar-refractivity contribution in [2.45, 2.75) is 90.1 Å². The fourth-order valence-corrected chi connectivity index (χ4v) is 5.09. The van der Waals surface area contributed by atoms with Crippen LogP contribution in [0, 0.1) is 0 Å². The molecule has 0 heterocycles. The van der Waals surface area contributed by atoms with E-state index in [9.17, 15) is 0 Å². The van der Waals surface area contributed by atoms with Gasteiger partial charge in [-0.2, -0.15) is 0 Å². The Morgan fingerprint density at radius 1 is 0.696 bits per heavy atom. The molecule has 1 aromatic rings. The van der Waals surface area contributed by atoms with E-state index in [4.69, 9.17) is 11.2 Å². The smallest absolute Gasteiger partial charge is 0.00658 e. The van der Waals surface area contributed by atoms with Gasteiger partial charge in [0.15, 0.2) is 0 Å². The van der Waals surface area contributed by atoms with Gasteiger partial charge in [0, 0.05) is 6.16 Å². The van der Waals surface area contributed by atoms with E-state index in [1.165, 1.54) is 88.8 Å². The van der Waals surface area contributed by atoms with Crippen LogP contribution in [-0.4, -0.2) is 6.16 Å². The zero-order valence-electron chi connectivity index (χ0n) is 15.1. The molecule has 23 heavy (non-hydrogen) atoms. The van der Waals surface area contributed by atoms with E-state index in [0.717, 1.165) is 6.16 Å². The summed E-state index contributed by atoms with van der Waals surface area (Å²) in [5, 5.41) is 0. The standard InChI is InChI=1S/C21H36ClP/c1-2-3-4-5-6-7-8-9-10-11-12-16-19-23(22)20-21-17-14-13-15-18-21/h13-15,17-18H,2-12,16,19-20H2,1H3. The third-order valence-electron chi connectivity index (χ3n) is 4.45. The molecule has 0 aliphatic heterocycles. The minimum atomic E-state index is -0.322. The summed E-state index contributed by atoms with van der Waals surface area (Å²) in [6.45, 7) is 2.29. The Hall–Kier alpha value is -0.0600. The third kappa shape index (κ3) is 13.0. The van der Waals surface area contributed by atoms with Crippen molar-refractivity contribution >= 4 is 18.5 Å². The molecule has 0 saturated carbocycles. The van der Waals surface area contributed by atoms with Crippen molar-refractivity contribution in [1.29, 1.82) is 0 Å². The van der Waals surface area contributed by atoms with Crippen LogP contribution >= 0.6 is 18.5 Å². The highest BCUT2D eigenvalue weighted by molar-refractivity contribution is 7.83. The fraction of sp³-hybridized carbons (Fsp3) is 0.714. The van der Waals surface area contributed by atoms with Gasteiger partial charge in [-0.15, -0.1) is 0 Å². The van der Waals surface area contributed by atoms with Crippen LogP contribution in [0.15, 0.2) is 30.3 Å². The molecule has 1 aromatic carbocycles. The van der Waals surface area contributed by atoms with E-state index in [1.807, 2.05) is 0 Å². The predicted molar refractivity (Wildman–Crippen MR) is 109 cm³/mol. The molecule has 0 nitrogen and oxygen atoms in total. The fourth-order valence-electron chi connectivity index (χ4n) is 2.98. The van der Waals surface area contributed by atoms with Crippen LogP contribution in [0.1, 0.15) is 89.5 Å². The molecule has 0 N–H and O–H groups in total. The summed E-state index contributed by atoms with van der Waals surface area (Å²) in [7, 11) is -0.322. The van der Waals surface area contributed by atoms with E-state index < -0.39 is 0 Å². The molecular formula is C21H36ClP. The van der Waals surface area contributed by atoms with Crippen LogP contribution in [0.3, 0.4) is 0 Å². The van der Waals surface area contributed by atoms with Gasteiger partial charge in [0.05, 0.1) is 0 Å². The maximum atomic E-state index is 6.51. The summed E-state index contributed by atoms with van der Waals surface area (Å²) < 4.78 is 0. The van der Waals surface area contributed by atoms with Crippen LogP contribution < -0.4 is 0 Å². The molecular weight excluding hydrogens is 319 g/mol. The molecule has 0 saturated heterocycles. The van der Waals surface area contributed by atoms with Gasteiger partial charge in [-0.05, 0) is 25.4 Å². The van der Waals surface area contributed by atoms with Crippen molar-refractivity contribution in [1.82, 2.24) is 0 Å². The van der Waals surface area contributed by atoms with Gasteiger partial charge in [-0.25, -0.2) is 0 Å². The second kappa shape index (κ2) is 15.5. The highest BCUT2D eigenvalue weighted by atomic mass is 35.7. The largest absolute Gasteiger partial charge is 0.0961 e. The first-order valence-corrected chi connectivity index (χ1v) is 12.4. The van der Waals surface area contributed by atoms with Gasteiger partial charge in [0.2, 0.25) is 0 Å². The number of halogens is 1. The van der Waals surface area contributed by atoms with Gasteiger partial charge in [0.25, 0.3) is 0 Å². The monoisotopic (exact) mass is 354 g/mol. The van der Waals surface area contributed by atoms with Crippen LogP contribution in [0.25, 0.3) is 0 Å². The summed E-state index contributed by atoms with van der Waals surface area (Å²) in [5.74, 6) is 0. The SMILES string of the molecule is CCCCCCCCCCCCCCP(Cl)Cc1ccccc1. The van der Waals surface area contributed by atoms with Crippen molar-refractivity contribution in [3.63, 3.8) is 0 Å². The van der Waals surface area contributed by atoms with E-state index in [1.54, 1.807) is 0 Å². The zero-order chi connectivity index (χ0) is 16.6. The average molecular weight is 355 g/mol. The van der Waals surface area contributed by atoms with Gasteiger partial charge in [-0.3, -0.25) is 0 Å². The first kappa shape index (κ1) is 21.0. The van der Waals surface area contributed by atoms with Crippen molar-refractivity contribution in [3.8, 4) is 0 Å². The van der Waals surface area contributed by atoms with Crippen molar-refractivity contribution in [3.05, 3.63) is 35.9 Å². The Morgan fingerprint density at radius 2 is 1.17 bits per heavy atom. The summed E-state index contributed by atoms with van der Waals surface area (Å²) in [6, 6.07) is 10.7. The Morgan fingerprint density at radius 3 is 1.70 bits per heavy atom. The topological polar surface area (TPSA) is 0 Å². The van der Waals surface area contributed by atoms with Crippen molar-refractivity contribution in [2.75, 3.05) is 6.16 Å². The Kier molecular flexibility index (Phi) is 14.1. The first-order chi connectivity index (χ1) is 11.3. The highest BCUT2D eigenvalue weighted by Gasteiger charge is 2.05. The maximum Gasteiger partial charge on any atom is 0.00658 e. The first-order valence-electron chi connectivity index (χ1n) is 9.77. The number of benzene rings is 1. The van der Waals surface area contributed by atoms with Crippen LogP contribution in [0.4, 0.5) is 0 Å². The van der Waals surface area contributed by atoms with E-state index in [-0.39, 0.29) is 7.27 Å². The molecule has 0 aliphatic rings. The van der Waals surface area contributed by atoms with E-state index in [0.29, 0.717) is 0 Å². The molecule has 1 rings (SSSR count). The van der Waals surface area contributed by atoms with Crippen molar-refractivity contribution < 1.29 is 0 Å². The molecule has 0 fully saturated rings. The number of hydrogen-bond acceptors (Lipinski definition) is 0. The molecule has 0 aromatic heterocycles. The molecule has 132 valence electrons. The number of rotatable bonds is 15. The Bertz CT molecular complexity index is 352. The zero-order valence-corrected chi connectivity index (χ0v) is 16.8. The molecule has 0 amide bonds. The van der Waals surface area contributed by atoms with Gasteiger partial charge < -0.3 is 0 Å². The summed E-state index contributed by atoms with van der Waals surface area (Å²) in [6.07, 6.45) is 19.3. The van der Waals surface area contributed by atoms with Crippen LogP contribution in [-0.2, 0) is 6.16 Å². The average Bonchev–Trinajstić information content (AvgIpc) is 2.57. The van der Waals surface area contributed by atoms with Crippen LogP contribution in [0.5, 0.6) is 0 Å². The molecule has 2 heteroatoms. The lowest BCUT2D eigenvalue weighted by Gasteiger charge is -2.09. The van der Waals surface area contributed by atoms with E-state index in [2.05, 4.69) is 37.3 Å². The number of unbranched alkanes of at least 4 members (excludes halogenated alkanes) is 11. The van der Waals surface area contributed by atoms with Crippen molar-refractivity contribution in [2.24, 2.45) is 0 Å². The van der Waals surface area contributed by atoms with Gasteiger partial charge >= 0.3 is 0 Å². The lowest BCUT2D eigenvalue weighted by Crippen LogP contribution is -1.87. The van der Waals surface area contributed by atoms with Gasteiger partial charge in [-0.1, -0.05) is 119 Å². The number of hydrogen-bond donors (Lipinski definition) is 0. The maximum absolute atomic E-state index is 6.51. The molecule has 0 radical (unpaired) electrons. The Balaban J connectivity index is 1.82. The summed E-state index contributed by atoms with van der Waals surface area (Å²) >= 11 is 6.51. The quantitative estimate of drug-likeness (QED) is 0.218. The highest BCUT2D eigenvalue weighted by Crippen LogP contribution is 2.45. The second-order valence-corrected chi connectivity index (χ2v) is 9.84. The third-order valence-corrected chi connectivity index (χ3v) is 6.83. The van der Waals surface area contributed by atoms with E-state index >= 15 is 0 Å². The lowest BCUT2D eigenvalue weighted by molar-refractivity contribution is 0.548. The molecule has 1 unspecified atom stereocenters. The predicted octanol–water partition coefficient (Wildman–Crippen LogP) is 8.52. The van der Waals surface area contributed by atoms with Crippen LogP contribution in [0.2, 0.25) is 0 Å². The summed E-state index contributed by atoms with van der Waals surface area (Å²) in [5.41, 5.74) is 1.40. The molecule has 0 bridgehead atoms. The molecule has 0 spiro atoms. The second-order valence-electron chi connectivity index (χ2n) is 6.72.